The molecule has 7 heteroatoms. The molecule has 1 atom stereocenters. The molecule has 1 rings (SSSR count). The van der Waals surface area contributed by atoms with Crippen LogP contribution in [-0.4, -0.2) is 42.5 Å². The molecule has 1 saturated heterocycles. The minimum Gasteiger partial charge on any atom is -0.481 e. The number of rotatable bonds is 2. The molecule has 0 spiro atoms. The molecule has 1 fully saturated rings. The van der Waals surface area contributed by atoms with E-state index in [-0.39, 0.29) is 19.4 Å². The van der Waals surface area contributed by atoms with E-state index < -0.39 is 27.8 Å². The highest BCUT2D eigenvalue weighted by atomic mass is 32.2. The molecule has 80 valence electrons. The second-order valence-electron chi connectivity index (χ2n) is 3.26. The minimum absolute atomic E-state index is 0.0238. The van der Waals surface area contributed by atoms with E-state index in [0.29, 0.717) is 4.31 Å². The number of hydrogen-bond donors (Lipinski definition) is 1. The molecule has 0 aromatic carbocycles. The molecule has 1 heterocycles. The normalized spacial score (nSPS) is 23.6. The number of hydrogen-bond acceptors (Lipinski definition) is 4. The molecule has 1 aliphatic heterocycles. The predicted molar refractivity (Wildman–Crippen MR) is 46.9 cm³/mol. The summed E-state index contributed by atoms with van der Waals surface area (Å²) in [5.41, 5.74) is 0. The highest BCUT2D eigenvalue weighted by molar-refractivity contribution is 7.88. The first-order valence-corrected chi connectivity index (χ1v) is 5.90. The lowest BCUT2D eigenvalue weighted by molar-refractivity contribution is -0.144. The van der Waals surface area contributed by atoms with Gasteiger partial charge < -0.3 is 5.11 Å². The Labute approximate surface area is 81.6 Å². The fourth-order valence-corrected chi connectivity index (χ4v) is 2.25. The monoisotopic (exact) mass is 221 g/mol. The Kier molecular flexibility index (Phi) is 2.79. The summed E-state index contributed by atoms with van der Waals surface area (Å²) in [6.07, 6.45) is 1.08. The van der Waals surface area contributed by atoms with Crippen molar-refractivity contribution in [2.45, 2.75) is 12.8 Å². The van der Waals surface area contributed by atoms with Gasteiger partial charge in [-0.15, -0.1) is 0 Å². The number of carbonyl (C=O) groups excluding carboxylic acids is 1. The molecule has 14 heavy (non-hydrogen) atoms. The van der Waals surface area contributed by atoms with Gasteiger partial charge in [-0.25, -0.2) is 12.7 Å². The number of carboxylic acids is 1. The van der Waals surface area contributed by atoms with E-state index in [2.05, 4.69) is 0 Å². The summed E-state index contributed by atoms with van der Waals surface area (Å²) in [4.78, 5) is 21.8. The van der Waals surface area contributed by atoms with Gasteiger partial charge >= 0.3 is 5.97 Å². The molecule has 1 N–H and O–H groups in total. The number of carbonyl (C=O) groups is 2. The number of amides is 1. The fraction of sp³-hybridized carbons (Fsp3) is 0.714. The average Bonchev–Trinajstić information content (AvgIpc) is 2.02. The lowest BCUT2D eigenvalue weighted by Crippen LogP contribution is -2.45. The van der Waals surface area contributed by atoms with E-state index in [1.807, 2.05) is 0 Å². The maximum Gasteiger partial charge on any atom is 0.308 e. The van der Waals surface area contributed by atoms with Crippen molar-refractivity contribution in [2.24, 2.45) is 5.92 Å². The maximum atomic E-state index is 11.2. The van der Waals surface area contributed by atoms with Crippen LogP contribution < -0.4 is 0 Å². The van der Waals surface area contributed by atoms with E-state index in [1.54, 1.807) is 0 Å². The van der Waals surface area contributed by atoms with Crippen molar-refractivity contribution in [3.63, 3.8) is 0 Å². The quantitative estimate of drug-likeness (QED) is 0.663. The van der Waals surface area contributed by atoms with Crippen LogP contribution in [0.3, 0.4) is 0 Å². The SMILES string of the molecule is CS(=O)(=O)N1CC(C(=O)O)CCC1=O. The molecule has 0 bridgehead atoms. The van der Waals surface area contributed by atoms with E-state index >= 15 is 0 Å². The Morgan fingerprint density at radius 2 is 2.14 bits per heavy atom. The molecular weight excluding hydrogens is 210 g/mol. The zero-order valence-electron chi connectivity index (χ0n) is 7.63. The molecule has 0 aromatic rings. The molecule has 0 saturated carbocycles. The lowest BCUT2D eigenvalue weighted by Gasteiger charge is -2.28. The second-order valence-corrected chi connectivity index (χ2v) is 5.17. The van der Waals surface area contributed by atoms with Crippen LogP contribution in [0.4, 0.5) is 0 Å². The second kappa shape index (κ2) is 3.56. The van der Waals surface area contributed by atoms with Crippen molar-refractivity contribution >= 4 is 21.9 Å². The first-order valence-electron chi connectivity index (χ1n) is 4.05. The van der Waals surface area contributed by atoms with Crippen molar-refractivity contribution < 1.29 is 23.1 Å². The summed E-state index contributed by atoms with van der Waals surface area (Å²) in [5, 5.41) is 8.68. The van der Waals surface area contributed by atoms with Crippen LogP contribution in [0.1, 0.15) is 12.8 Å². The largest absolute Gasteiger partial charge is 0.481 e. The molecule has 0 aromatic heterocycles. The molecule has 6 nitrogen and oxygen atoms in total. The molecule has 0 aliphatic carbocycles. The zero-order chi connectivity index (χ0) is 10.9. The number of nitrogens with zero attached hydrogens (tertiary/aromatic N) is 1. The summed E-state index contributed by atoms with van der Waals surface area (Å²) in [5.74, 6) is -2.36. The third kappa shape index (κ3) is 2.22. The molecule has 1 aliphatic rings. The first kappa shape index (κ1) is 11.0. The Bertz CT molecular complexity index is 360. The Morgan fingerprint density at radius 3 is 2.57 bits per heavy atom. The van der Waals surface area contributed by atoms with Crippen molar-refractivity contribution in [3.05, 3.63) is 0 Å². The van der Waals surface area contributed by atoms with E-state index in [0.717, 1.165) is 6.26 Å². The lowest BCUT2D eigenvalue weighted by atomic mass is 10.00. The van der Waals surface area contributed by atoms with Crippen LogP contribution in [0, 0.1) is 5.92 Å². The molecule has 0 radical (unpaired) electrons. The third-order valence-electron chi connectivity index (χ3n) is 2.12. The fourth-order valence-electron chi connectivity index (χ4n) is 1.34. The molecule has 1 unspecified atom stereocenters. The smallest absolute Gasteiger partial charge is 0.308 e. The van der Waals surface area contributed by atoms with Gasteiger partial charge in [-0.2, -0.15) is 0 Å². The van der Waals surface area contributed by atoms with Gasteiger partial charge in [0.1, 0.15) is 0 Å². The van der Waals surface area contributed by atoms with Gasteiger partial charge in [-0.1, -0.05) is 0 Å². The summed E-state index contributed by atoms with van der Waals surface area (Å²) in [6, 6.07) is 0. The van der Waals surface area contributed by atoms with Crippen molar-refractivity contribution in [2.75, 3.05) is 12.8 Å². The van der Waals surface area contributed by atoms with Crippen molar-refractivity contribution in [1.29, 1.82) is 0 Å². The van der Waals surface area contributed by atoms with Gasteiger partial charge in [-0.05, 0) is 6.42 Å². The van der Waals surface area contributed by atoms with Crippen LogP contribution >= 0.6 is 0 Å². The summed E-state index contributed by atoms with van der Waals surface area (Å²) in [6.45, 7) is -0.243. The van der Waals surface area contributed by atoms with Crippen molar-refractivity contribution in [3.8, 4) is 0 Å². The standard InChI is InChI=1S/C7H11NO5S/c1-14(12,13)8-4-5(7(10)11)2-3-6(8)9/h5H,2-4H2,1H3,(H,10,11). The van der Waals surface area contributed by atoms with E-state index in [1.165, 1.54) is 0 Å². The average molecular weight is 221 g/mol. The van der Waals surface area contributed by atoms with Crippen LogP contribution in [0.2, 0.25) is 0 Å². The number of sulfonamides is 1. The minimum atomic E-state index is -3.62. The van der Waals surface area contributed by atoms with Gasteiger partial charge in [0, 0.05) is 6.42 Å². The molecule has 1 amide bonds. The Morgan fingerprint density at radius 1 is 1.57 bits per heavy atom. The van der Waals surface area contributed by atoms with Gasteiger partial charge in [0.25, 0.3) is 0 Å². The predicted octanol–water partition coefficient (Wildman–Crippen LogP) is -0.731. The third-order valence-corrected chi connectivity index (χ3v) is 3.27. The highest BCUT2D eigenvalue weighted by Gasteiger charge is 2.34. The van der Waals surface area contributed by atoms with Gasteiger partial charge in [0.05, 0.1) is 18.7 Å². The highest BCUT2D eigenvalue weighted by Crippen LogP contribution is 2.19. The Hall–Kier alpha value is -1.11. The van der Waals surface area contributed by atoms with Gasteiger partial charge in [0.2, 0.25) is 15.9 Å². The summed E-state index contributed by atoms with van der Waals surface area (Å²) >= 11 is 0. The first-order chi connectivity index (χ1) is 6.32. The van der Waals surface area contributed by atoms with Crippen LogP contribution in [0.15, 0.2) is 0 Å². The number of carboxylic acid groups (broad SMARTS) is 1. The number of piperidine rings is 1. The van der Waals surface area contributed by atoms with Crippen LogP contribution in [0.25, 0.3) is 0 Å². The van der Waals surface area contributed by atoms with Crippen molar-refractivity contribution in [1.82, 2.24) is 4.31 Å². The van der Waals surface area contributed by atoms with E-state index in [4.69, 9.17) is 5.11 Å². The van der Waals surface area contributed by atoms with Gasteiger partial charge in [-0.3, -0.25) is 9.59 Å². The zero-order valence-corrected chi connectivity index (χ0v) is 8.45. The van der Waals surface area contributed by atoms with Gasteiger partial charge in [0.15, 0.2) is 0 Å². The topological polar surface area (TPSA) is 91.8 Å². The summed E-state index contributed by atoms with van der Waals surface area (Å²) < 4.78 is 22.8. The Balaban J connectivity index is 2.85. The van der Waals surface area contributed by atoms with Crippen LogP contribution in [-0.2, 0) is 19.6 Å². The van der Waals surface area contributed by atoms with Crippen LogP contribution in [0.5, 0.6) is 0 Å². The maximum absolute atomic E-state index is 11.2. The van der Waals surface area contributed by atoms with E-state index in [9.17, 15) is 18.0 Å². The number of aliphatic carboxylic acids is 1. The molecular formula is C7H11NO5S. The summed E-state index contributed by atoms with van der Waals surface area (Å²) in [7, 11) is -3.62.